The molecule has 0 bridgehead atoms. The van der Waals surface area contributed by atoms with Crippen molar-refractivity contribution in [1.82, 2.24) is 19.9 Å². The summed E-state index contributed by atoms with van der Waals surface area (Å²) in [6.45, 7) is 6.00. The summed E-state index contributed by atoms with van der Waals surface area (Å²) in [5.74, 6) is 0.720. The fourth-order valence-corrected chi connectivity index (χ4v) is 4.07. The summed E-state index contributed by atoms with van der Waals surface area (Å²) in [6.07, 6.45) is 9.64. The van der Waals surface area contributed by atoms with Crippen molar-refractivity contribution in [2.75, 3.05) is 25.0 Å². The summed E-state index contributed by atoms with van der Waals surface area (Å²) in [5.41, 5.74) is 2.46. The van der Waals surface area contributed by atoms with Crippen LogP contribution in [0.2, 0.25) is 0 Å². The molecule has 2 aliphatic rings. The molecular formula is C20H27N5O. The van der Waals surface area contributed by atoms with Gasteiger partial charge < -0.3 is 10.1 Å². The minimum atomic E-state index is 0.000355. The molecule has 0 aliphatic carbocycles. The zero-order valence-electron chi connectivity index (χ0n) is 15.4. The van der Waals surface area contributed by atoms with Crippen LogP contribution in [0.3, 0.4) is 0 Å². The predicted molar refractivity (Wildman–Crippen MR) is 101 cm³/mol. The molecule has 0 radical (unpaired) electrons. The van der Waals surface area contributed by atoms with E-state index in [0.29, 0.717) is 6.04 Å². The lowest BCUT2D eigenvalue weighted by Gasteiger charge is -2.46. The topological polar surface area (TPSA) is 63.2 Å². The second kappa shape index (κ2) is 7.68. The molecule has 2 aliphatic heterocycles. The number of nitrogens with zero attached hydrogens (tertiary/aromatic N) is 4. The van der Waals surface area contributed by atoms with Gasteiger partial charge in [0.2, 0.25) is 5.95 Å². The van der Waals surface area contributed by atoms with Crippen LogP contribution >= 0.6 is 0 Å². The van der Waals surface area contributed by atoms with Crippen molar-refractivity contribution < 1.29 is 4.74 Å². The van der Waals surface area contributed by atoms with Crippen LogP contribution in [0, 0.1) is 6.92 Å². The number of hydrogen-bond acceptors (Lipinski definition) is 6. The van der Waals surface area contributed by atoms with Crippen molar-refractivity contribution >= 4 is 5.95 Å². The van der Waals surface area contributed by atoms with Crippen LogP contribution in [-0.2, 0) is 11.3 Å². The monoisotopic (exact) mass is 353 g/mol. The highest BCUT2D eigenvalue weighted by Gasteiger charge is 2.40. The van der Waals surface area contributed by atoms with Gasteiger partial charge in [-0.05, 0) is 50.3 Å². The molecule has 1 atom stereocenters. The van der Waals surface area contributed by atoms with Crippen LogP contribution < -0.4 is 5.32 Å². The van der Waals surface area contributed by atoms with Crippen LogP contribution in [0.1, 0.15) is 36.9 Å². The minimum absolute atomic E-state index is 0.000355. The molecule has 1 spiro atoms. The summed E-state index contributed by atoms with van der Waals surface area (Å²) < 4.78 is 6.27. The first kappa shape index (κ1) is 17.4. The van der Waals surface area contributed by atoms with Gasteiger partial charge in [-0.1, -0.05) is 6.07 Å². The standard InChI is InChI=1S/C20H27N5O/c1-16-4-2-8-21-18(16)15-25-11-6-20(7-12-25)14-17(5-13-26-20)24-19-22-9-3-10-23-19/h2-4,8-10,17H,5-7,11-15H2,1H3,(H,22,23,24). The number of pyridine rings is 1. The van der Waals surface area contributed by atoms with Gasteiger partial charge in [0.15, 0.2) is 0 Å². The maximum atomic E-state index is 6.27. The van der Waals surface area contributed by atoms with Crippen molar-refractivity contribution in [3.05, 3.63) is 48.0 Å². The Labute approximate surface area is 155 Å². The Morgan fingerprint density at radius 1 is 1.15 bits per heavy atom. The molecule has 2 aromatic heterocycles. The number of piperidine rings is 1. The van der Waals surface area contributed by atoms with Crippen molar-refractivity contribution in [1.29, 1.82) is 0 Å². The molecule has 0 saturated carbocycles. The molecule has 2 saturated heterocycles. The lowest BCUT2D eigenvalue weighted by atomic mass is 9.82. The van der Waals surface area contributed by atoms with E-state index < -0.39 is 0 Å². The van der Waals surface area contributed by atoms with E-state index >= 15 is 0 Å². The van der Waals surface area contributed by atoms with Crippen molar-refractivity contribution in [3.63, 3.8) is 0 Å². The highest BCUT2D eigenvalue weighted by Crippen LogP contribution is 2.36. The molecule has 1 N–H and O–H groups in total. The SMILES string of the molecule is Cc1cccnc1CN1CCC2(CC1)CC(Nc1ncccn1)CCO2. The minimum Gasteiger partial charge on any atom is -0.375 e. The van der Waals surface area contributed by atoms with Gasteiger partial charge in [0.25, 0.3) is 0 Å². The molecule has 2 fully saturated rings. The quantitative estimate of drug-likeness (QED) is 0.912. The van der Waals surface area contributed by atoms with Crippen LogP contribution in [0.15, 0.2) is 36.8 Å². The number of anilines is 1. The van der Waals surface area contributed by atoms with Crippen LogP contribution in [-0.4, -0.2) is 51.2 Å². The zero-order chi connectivity index (χ0) is 17.8. The third-order valence-corrected chi connectivity index (χ3v) is 5.65. The molecule has 2 aromatic rings. The van der Waals surface area contributed by atoms with Gasteiger partial charge in [-0.25, -0.2) is 9.97 Å². The number of likely N-dealkylation sites (tertiary alicyclic amines) is 1. The molecule has 6 heteroatoms. The lowest BCUT2D eigenvalue weighted by Crippen LogP contribution is -2.51. The van der Waals surface area contributed by atoms with E-state index in [0.717, 1.165) is 57.9 Å². The van der Waals surface area contributed by atoms with Gasteiger partial charge in [-0.15, -0.1) is 0 Å². The summed E-state index contributed by atoms with van der Waals surface area (Å²) in [6, 6.07) is 6.37. The summed E-state index contributed by atoms with van der Waals surface area (Å²) in [7, 11) is 0. The molecule has 138 valence electrons. The second-order valence-corrected chi connectivity index (χ2v) is 7.48. The van der Waals surface area contributed by atoms with Crippen LogP contribution in [0.25, 0.3) is 0 Å². The lowest BCUT2D eigenvalue weighted by molar-refractivity contribution is -0.115. The van der Waals surface area contributed by atoms with E-state index in [9.17, 15) is 0 Å². The van der Waals surface area contributed by atoms with Gasteiger partial charge in [-0.3, -0.25) is 9.88 Å². The maximum Gasteiger partial charge on any atom is 0.222 e. The first-order valence-electron chi connectivity index (χ1n) is 9.53. The number of rotatable bonds is 4. The van der Waals surface area contributed by atoms with E-state index in [1.807, 2.05) is 18.3 Å². The molecule has 0 amide bonds. The zero-order valence-corrected chi connectivity index (χ0v) is 15.4. The highest BCUT2D eigenvalue weighted by atomic mass is 16.5. The maximum absolute atomic E-state index is 6.27. The summed E-state index contributed by atoms with van der Waals surface area (Å²) >= 11 is 0. The molecule has 1 unspecified atom stereocenters. The number of nitrogens with one attached hydrogen (secondary N) is 1. The van der Waals surface area contributed by atoms with Crippen LogP contribution in [0.5, 0.6) is 0 Å². The first-order valence-corrected chi connectivity index (χ1v) is 9.53. The third kappa shape index (κ3) is 4.02. The molecule has 4 heterocycles. The average molecular weight is 353 g/mol. The Balaban J connectivity index is 1.33. The molecule has 4 rings (SSSR count). The Morgan fingerprint density at radius 3 is 2.69 bits per heavy atom. The van der Waals surface area contributed by atoms with E-state index in [4.69, 9.17) is 4.74 Å². The van der Waals surface area contributed by atoms with Gasteiger partial charge in [-0.2, -0.15) is 0 Å². The molecular weight excluding hydrogens is 326 g/mol. The third-order valence-electron chi connectivity index (χ3n) is 5.65. The van der Waals surface area contributed by atoms with Crippen molar-refractivity contribution in [2.24, 2.45) is 0 Å². The summed E-state index contributed by atoms with van der Waals surface area (Å²) in [4.78, 5) is 15.6. The van der Waals surface area contributed by atoms with E-state index in [1.165, 1.54) is 11.3 Å². The number of aromatic nitrogens is 3. The van der Waals surface area contributed by atoms with E-state index in [-0.39, 0.29) is 5.60 Å². The Bertz CT molecular complexity index is 715. The Morgan fingerprint density at radius 2 is 1.92 bits per heavy atom. The summed E-state index contributed by atoms with van der Waals surface area (Å²) in [5, 5.41) is 3.49. The predicted octanol–water partition coefficient (Wildman–Crippen LogP) is 2.81. The van der Waals surface area contributed by atoms with Gasteiger partial charge in [0.05, 0.1) is 11.3 Å². The van der Waals surface area contributed by atoms with E-state index in [1.54, 1.807) is 12.4 Å². The average Bonchev–Trinajstić information content (AvgIpc) is 2.67. The van der Waals surface area contributed by atoms with Crippen molar-refractivity contribution in [3.8, 4) is 0 Å². The van der Waals surface area contributed by atoms with E-state index in [2.05, 4.69) is 38.2 Å². The van der Waals surface area contributed by atoms with Gasteiger partial charge in [0, 0.05) is 50.9 Å². The Kier molecular flexibility index (Phi) is 5.13. The van der Waals surface area contributed by atoms with Crippen LogP contribution in [0.4, 0.5) is 5.95 Å². The Hall–Kier alpha value is -2.05. The number of hydrogen-bond donors (Lipinski definition) is 1. The number of ether oxygens (including phenoxy) is 1. The molecule has 26 heavy (non-hydrogen) atoms. The smallest absolute Gasteiger partial charge is 0.222 e. The van der Waals surface area contributed by atoms with Crippen molar-refractivity contribution in [2.45, 2.75) is 50.8 Å². The number of aryl methyl sites for hydroxylation is 1. The fraction of sp³-hybridized carbons (Fsp3) is 0.550. The normalized spacial score (nSPS) is 23.0. The second-order valence-electron chi connectivity index (χ2n) is 7.48. The fourth-order valence-electron chi connectivity index (χ4n) is 4.07. The first-order chi connectivity index (χ1) is 12.7. The highest BCUT2D eigenvalue weighted by molar-refractivity contribution is 5.25. The van der Waals surface area contributed by atoms with Gasteiger partial charge in [0.1, 0.15) is 0 Å². The largest absolute Gasteiger partial charge is 0.375 e. The molecule has 6 nitrogen and oxygen atoms in total. The van der Waals surface area contributed by atoms with Gasteiger partial charge >= 0.3 is 0 Å². The molecule has 0 aromatic carbocycles.